The monoisotopic (exact) mass is 372 g/mol. The van der Waals surface area contributed by atoms with E-state index in [9.17, 15) is 13.2 Å². The predicted molar refractivity (Wildman–Crippen MR) is 91.5 cm³/mol. The number of hydrogen-bond acceptors (Lipinski definition) is 4. The van der Waals surface area contributed by atoms with Gasteiger partial charge in [-0.2, -0.15) is 13.2 Å². The molecule has 0 aliphatic rings. The number of guanidine groups is 1. The first kappa shape index (κ1) is 19.2. The van der Waals surface area contributed by atoms with Crippen molar-refractivity contribution in [1.82, 2.24) is 15.6 Å². The van der Waals surface area contributed by atoms with Gasteiger partial charge in [0.25, 0.3) is 0 Å². The van der Waals surface area contributed by atoms with E-state index in [1.807, 2.05) is 30.3 Å². The van der Waals surface area contributed by atoms with Crippen LogP contribution in [0.5, 0.6) is 0 Å². The fourth-order valence-electron chi connectivity index (χ4n) is 2.10. The summed E-state index contributed by atoms with van der Waals surface area (Å²) < 4.78 is 43.1. The summed E-state index contributed by atoms with van der Waals surface area (Å²) in [5.41, 5.74) is 0.142. The zero-order valence-electron chi connectivity index (χ0n) is 13.8. The Morgan fingerprint density at radius 2 is 2.00 bits per heavy atom. The van der Waals surface area contributed by atoms with Gasteiger partial charge in [-0.25, -0.2) is 4.98 Å². The van der Waals surface area contributed by atoms with E-state index in [2.05, 4.69) is 20.6 Å². The van der Waals surface area contributed by atoms with E-state index in [1.165, 1.54) is 0 Å². The average Bonchev–Trinajstić information content (AvgIpc) is 3.08. The molecular weight excluding hydrogens is 353 g/mol. The second-order valence-electron chi connectivity index (χ2n) is 5.07. The van der Waals surface area contributed by atoms with Crippen molar-refractivity contribution in [3.63, 3.8) is 0 Å². The van der Waals surface area contributed by atoms with Gasteiger partial charge in [0, 0.05) is 26.1 Å². The van der Waals surface area contributed by atoms with Crippen molar-refractivity contribution < 1.29 is 17.9 Å². The molecule has 0 bridgehead atoms. The lowest BCUT2D eigenvalue weighted by Crippen LogP contribution is -2.39. The van der Waals surface area contributed by atoms with Gasteiger partial charge < -0.3 is 15.4 Å². The normalized spacial score (nSPS) is 13.6. The number of aromatic nitrogens is 1. The van der Waals surface area contributed by atoms with Gasteiger partial charge in [0.05, 0.1) is 12.6 Å². The molecule has 1 unspecified atom stereocenters. The maximum atomic E-state index is 12.5. The Hall–Kier alpha value is -2.13. The van der Waals surface area contributed by atoms with Crippen LogP contribution in [0.3, 0.4) is 0 Å². The number of halogens is 3. The highest BCUT2D eigenvalue weighted by molar-refractivity contribution is 7.09. The predicted octanol–water partition coefficient (Wildman–Crippen LogP) is 3.21. The highest BCUT2D eigenvalue weighted by atomic mass is 32.1. The molecule has 0 saturated carbocycles. The number of nitrogens with one attached hydrogen (secondary N) is 2. The van der Waals surface area contributed by atoms with E-state index in [0.717, 1.165) is 22.3 Å². The minimum atomic E-state index is -4.42. The minimum absolute atomic E-state index is 0.156. The first-order chi connectivity index (χ1) is 11.9. The summed E-state index contributed by atoms with van der Waals surface area (Å²) in [5.74, 6) is 0.460. The zero-order chi connectivity index (χ0) is 18.3. The smallest absolute Gasteiger partial charge is 0.375 e. The number of thiazole rings is 1. The second-order valence-corrected chi connectivity index (χ2v) is 6.01. The second kappa shape index (κ2) is 8.82. The molecule has 0 fully saturated rings. The molecule has 1 atom stereocenters. The number of aliphatic imine (C=N–C) groups is 1. The van der Waals surface area contributed by atoms with Gasteiger partial charge in [0.1, 0.15) is 5.01 Å². The summed E-state index contributed by atoms with van der Waals surface area (Å²) in [5, 5.41) is 7.38. The van der Waals surface area contributed by atoms with Crippen molar-refractivity contribution in [1.29, 1.82) is 0 Å². The van der Waals surface area contributed by atoms with Gasteiger partial charge in [-0.3, -0.25) is 4.99 Å². The summed E-state index contributed by atoms with van der Waals surface area (Å²) >= 11 is 0.954. The number of methoxy groups -OCH3 is 1. The molecule has 1 aromatic heterocycles. The van der Waals surface area contributed by atoms with Crippen molar-refractivity contribution in [2.45, 2.75) is 18.8 Å². The molecule has 2 aromatic rings. The quantitative estimate of drug-likeness (QED) is 0.604. The van der Waals surface area contributed by atoms with Gasteiger partial charge in [-0.1, -0.05) is 30.3 Å². The fourth-order valence-corrected chi connectivity index (χ4v) is 2.84. The van der Waals surface area contributed by atoms with Crippen molar-refractivity contribution in [3.8, 4) is 0 Å². The summed E-state index contributed by atoms with van der Waals surface area (Å²) in [7, 11) is 3.20. The molecule has 0 aliphatic carbocycles. The Morgan fingerprint density at radius 3 is 2.56 bits per heavy atom. The van der Waals surface area contributed by atoms with Crippen LogP contribution in [0.15, 0.2) is 40.7 Å². The maximum Gasteiger partial charge on any atom is 0.434 e. The van der Waals surface area contributed by atoms with Gasteiger partial charge in [-0.05, 0) is 5.56 Å². The number of rotatable bonds is 6. The van der Waals surface area contributed by atoms with E-state index in [-0.39, 0.29) is 12.6 Å². The van der Waals surface area contributed by atoms with Crippen LogP contribution in [-0.4, -0.2) is 31.6 Å². The van der Waals surface area contributed by atoms with E-state index in [0.29, 0.717) is 17.5 Å². The zero-order valence-corrected chi connectivity index (χ0v) is 14.6. The topological polar surface area (TPSA) is 58.5 Å². The third kappa shape index (κ3) is 5.71. The average molecular weight is 372 g/mol. The van der Waals surface area contributed by atoms with Crippen LogP contribution in [0, 0.1) is 0 Å². The molecule has 0 spiro atoms. The molecular formula is C16H19F3N4OS. The highest BCUT2D eigenvalue weighted by Gasteiger charge is 2.33. The van der Waals surface area contributed by atoms with E-state index in [4.69, 9.17) is 4.74 Å². The van der Waals surface area contributed by atoms with Crippen LogP contribution in [0.1, 0.15) is 22.4 Å². The lowest BCUT2D eigenvalue weighted by molar-refractivity contribution is -0.140. The van der Waals surface area contributed by atoms with Crippen LogP contribution in [0.4, 0.5) is 13.2 Å². The maximum absolute atomic E-state index is 12.5. The largest absolute Gasteiger partial charge is 0.434 e. The third-order valence-corrected chi connectivity index (χ3v) is 4.23. The van der Waals surface area contributed by atoms with Crippen molar-refractivity contribution in [2.75, 3.05) is 20.7 Å². The lowest BCUT2D eigenvalue weighted by atomic mass is 10.1. The van der Waals surface area contributed by atoms with E-state index < -0.39 is 11.9 Å². The molecule has 1 heterocycles. The summed E-state index contributed by atoms with van der Waals surface area (Å²) in [4.78, 5) is 7.62. The van der Waals surface area contributed by atoms with Crippen LogP contribution < -0.4 is 10.6 Å². The summed E-state index contributed by atoms with van der Waals surface area (Å²) in [6.07, 6.45) is -4.59. The fraction of sp³-hybridized carbons (Fsp3) is 0.375. The first-order valence-corrected chi connectivity index (χ1v) is 8.36. The first-order valence-electron chi connectivity index (χ1n) is 7.48. The summed E-state index contributed by atoms with van der Waals surface area (Å²) in [6.45, 7) is 0.620. The van der Waals surface area contributed by atoms with Crippen LogP contribution in [0.25, 0.3) is 0 Å². The number of ether oxygens (including phenoxy) is 1. The Balaban J connectivity index is 1.87. The van der Waals surface area contributed by atoms with Gasteiger partial charge in [0.15, 0.2) is 11.7 Å². The Kier molecular flexibility index (Phi) is 6.77. The molecule has 9 heteroatoms. The molecule has 136 valence electrons. The molecule has 5 nitrogen and oxygen atoms in total. The molecule has 25 heavy (non-hydrogen) atoms. The molecule has 2 N–H and O–H groups in total. The Labute approximate surface area is 148 Å². The van der Waals surface area contributed by atoms with E-state index >= 15 is 0 Å². The molecule has 1 aromatic carbocycles. The van der Waals surface area contributed by atoms with Crippen LogP contribution in [-0.2, 0) is 17.5 Å². The molecule has 2 rings (SSSR count). The summed E-state index contributed by atoms with van der Waals surface area (Å²) in [6, 6.07) is 9.69. The lowest BCUT2D eigenvalue weighted by Gasteiger charge is -2.18. The number of hydrogen-bond donors (Lipinski definition) is 2. The molecule has 0 saturated heterocycles. The molecule has 0 amide bonds. The van der Waals surface area contributed by atoms with Gasteiger partial charge in [0.2, 0.25) is 0 Å². The van der Waals surface area contributed by atoms with Gasteiger partial charge >= 0.3 is 6.18 Å². The number of alkyl halides is 3. The van der Waals surface area contributed by atoms with Gasteiger partial charge in [-0.15, -0.1) is 11.3 Å². The van der Waals surface area contributed by atoms with Crippen molar-refractivity contribution >= 4 is 17.3 Å². The SMILES string of the molecule is CN=C(NCc1nc(C(F)(F)F)cs1)NCC(OC)c1ccccc1. The third-order valence-electron chi connectivity index (χ3n) is 3.38. The minimum Gasteiger partial charge on any atom is -0.375 e. The van der Waals surface area contributed by atoms with Crippen molar-refractivity contribution in [3.05, 3.63) is 52.0 Å². The Bertz CT molecular complexity index is 688. The highest BCUT2D eigenvalue weighted by Crippen LogP contribution is 2.29. The Morgan fingerprint density at radius 1 is 1.28 bits per heavy atom. The number of nitrogens with zero attached hydrogens (tertiary/aromatic N) is 2. The van der Waals surface area contributed by atoms with Crippen LogP contribution in [0.2, 0.25) is 0 Å². The standard InChI is InChI=1S/C16H19F3N4OS/c1-20-15(21-8-12(24-2)11-6-4-3-5-7-11)22-9-14-23-13(10-25-14)16(17,18)19/h3-7,10,12H,8-9H2,1-2H3,(H2,20,21,22). The van der Waals surface area contributed by atoms with E-state index in [1.54, 1.807) is 14.2 Å². The molecule has 0 aliphatic heterocycles. The molecule has 0 radical (unpaired) electrons. The number of benzene rings is 1. The van der Waals surface area contributed by atoms with Crippen LogP contribution >= 0.6 is 11.3 Å². The van der Waals surface area contributed by atoms with Crippen molar-refractivity contribution in [2.24, 2.45) is 4.99 Å².